The Labute approximate surface area is 150 Å². The van der Waals surface area contributed by atoms with Gasteiger partial charge in [0.15, 0.2) is 12.8 Å². The van der Waals surface area contributed by atoms with E-state index < -0.39 is 0 Å². The van der Waals surface area contributed by atoms with Crippen molar-refractivity contribution >= 4 is 12.0 Å². The molecule has 4 nitrogen and oxygen atoms in total. The summed E-state index contributed by atoms with van der Waals surface area (Å²) in [5.74, 6) is 0.161. The fourth-order valence-electron chi connectivity index (χ4n) is 2.70. The minimum atomic E-state index is -0.0548. The Kier molecular flexibility index (Phi) is 7.36. The summed E-state index contributed by atoms with van der Waals surface area (Å²) in [7, 11) is 0. The predicted octanol–water partition coefficient (Wildman–Crippen LogP) is 3.64. The number of Topliss-reactive ketones (excluding diaryl/α,β-unsaturated/α-hetero) is 1. The van der Waals surface area contributed by atoms with E-state index >= 15 is 0 Å². The van der Waals surface area contributed by atoms with Crippen LogP contribution in [0.2, 0.25) is 0 Å². The zero-order valence-electron chi connectivity index (χ0n) is 15.0. The van der Waals surface area contributed by atoms with Gasteiger partial charge in [-0.2, -0.15) is 0 Å². The van der Waals surface area contributed by atoms with Gasteiger partial charge in [-0.3, -0.25) is 9.69 Å². The second-order valence-electron chi connectivity index (χ2n) is 6.36. The van der Waals surface area contributed by atoms with Crippen LogP contribution < -0.4 is 0 Å². The molecule has 0 aromatic heterocycles. The van der Waals surface area contributed by atoms with Crippen molar-refractivity contribution in [1.29, 1.82) is 0 Å². The van der Waals surface area contributed by atoms with Crippen LogP contribution in [0.3, 0.4) is 0 Å². The molecule has 0 fully saturated rings. The van der Waals surface area contributed by atoms with Crippen LogP contribution in [0.1, 0.15) is 31.4 Å². The van der Waals surface area contributed by atoms with E-state index in [4.69, 9.17) is 0 Å². The molecule has 0 heterocycles. The molecule has 0 aliphatic carbocycles. The summed E-state index contributed by atoms with van der Waals surface area (Å²) >= 11 is 0. The first-order chi connectivity index (χ1) is 12.0. The molecular weight excluding hydrogens is 312 g/mol. The first-order valence-electron chi connectivity index (χ1n) is 8.64. The van der Waals surface area contributed by atoms with Crippen molar-refractivity contribution in [3.05, 3.63) is 77.0 Å². The van der Waals surface area contributed by atoms with E-state index in [0.29, 0.717) is 26.1 Å². The lowest BCUT2D eigenvalue weighted by molar-refractivity contribution is -0.472. The molecule has 2 aromatic carbocycles. The first kappa shape index (κ1) is 18.9. The van der Waals surface area contributed by atoms with Gasteiger partial charge in [-0.25, -0.2) is 4.74 Å². The Balaban J connectivity index is 2.06. The summed E-state index contributed by atoms with van der Waals surface area (Å²) in [4.78, 5) is 13.5. The maximum absolute atomic E-state index is 12.3. The summed E-state index contributed by atoms with van der Waals surface area (Å²) in [5, 5.41) is 12.3. The van der Waals surface area contributed by atoms with Gasteiger partial charge in [0.05, 0.1) is 6.04 Å². The number of hydroxylamine groups is 1. The average molecular weight is 338 g/mol. The van der Waals surface area contributed by atoms with Crippen LogP contribution in [-0.2, 0) is 17.9 Å². The van der Waals surface area contributed by atoms with Crippen LogP contribution in [-0.4, -0.2) is 34.2 Å². The van der Waals surface area contributed by atoms with E-state index in [9.17, 15) is 10.0 Å². The van der Waals surface area contributed by atoms with Gasteiger partial charge in [0.25, 0.3) is 0 Å². The number of carbonyl (C=O) groups excluding carboxylic acids is 1. The molecule has 0 saturated carbocycles. The van der Waals surface area contributed by atoms with Crippen LogP contribution >= 0.6 is 0 Å². The van der Waals surface area contributed by atoms with Gasteiger partial charge in [0, 0.05) is 25.1 Å². The molecule has 0 aliphatic rings. The summed E-state index contributed by atoms with van der Waals surface area (Å²) < 4.78 is 0.978. The standard InChI is InChI=1S/C21H26N2O2/c1-18(15-23(25)17-21-11-7-4-8-12-21)22(14-13-19(2)24)16-20-9-5-3-6-10-20/h3-12,15,18H,13-14,16-17H2,1-2H3/b23-15-/t18-/m0/s1. The minimum Gasteiger partial charge on any atom is -0.624 e. The quantitative estimate of drug-likeness (QED) is 0.303. The van der Waals surface area contributed by atoms with E-state index in [0.717, 1.165) is 10.3 Å². The summed E-state index contributed by atoms with van der Waals surface area (Å²) in [6, 6.07) is 19.8. The molecule has 0 bridgehead atoms. The molecule has 25 heavy (non-hydrogen) atoms. The monoisotopic (exact) mass is 338 g/mol. The smallest absolute Gasteiger partial charge is 0.178 e. The van der Waals surface area contributed by atoms with E-state index in [1.165, 1.54) is 5.56 Å². The second-order valence-corrected chi connectivity index (χ2v) is 6.36. The number of rotatable bonds is 9. The molecule has 0 saturated heterocycles. The Morgan fingerprint density at radius 2 is 1.64 bits per heavy atom. The van der Waals surface area contributed by atoms with Crippen LogP contribution in [0.25, 0.3) is 0 Å². The third-order valence-corrected chi connectivity index (χ3v) is 4.12. The molecule has 132 valence electrons. The lowest BCUT2D eigenvalue weighted by Gasteiger charge is -2.25. The fourth-order valence-corrected chi connectivity index (χ4v) is 2.70. The highest BCUT2D eigenvalue weighted by Crippen LogP contribution is 2.09. The minimum absolute atomic E-state index is 0.0548. The molecule has 2 aromatic rings. The van der Waals surface area contributed by atoms with E-state index in [-0.39, 0.29) is 11.8 Å². The van der Waals surface area contributed by atoms with Crippen molar-refractivity contribution in [2.24, 2.45) is 0 Å². The maximum atomic E-state index is 12.3. The number of carbonyl (C=O) groups is 1. The van der Waals surface area contributed by atoms with Gasteiger partial charge in [-0.1, -0.05) is 60.7 Å². The second kappa shape index (κ2) is 9.74. The normalized spacial score (nSPS) is 13.0. The summed E-state index contributed by atoms with van der Waals surface area (Å²) in [6.07, 6.45) is 2.18. The topological polar surface area (TPSA) is 46.4 Å². The Morgan fingerprint density at radius 1 is 1.08 bits per heavy atom. The molecule has 0 radical (unpaired) electrons. The lowest BCUT2D eigenvalue weighted by Crippen LogP contribution is -2.37. The van der Waals surface area contributed by atoms with Crippen molar-refractivity contribution in [2.75, 3.05) is 6.54 Å². The van der Waals surface area contributed by atoms with Gasteiger partial charge in [0.1, 0.15) is 5.78 Å². The van der Waals surface area contributed by atoms with Gasteiger partial charge >= 0.3 is 0 Å². The highest BCUT2D eigenvalue weighted by Gasteiger charge is 2.16. The molecule has 0 amide bonds. The lowest BCUT2D eigenvalue weighted by atomic mass is 10.1. The molecule has 0 aliphatic heterocycles. The van der Waals surface area contributed by atoms with Crippen molar-refractivity contribution in [3.8, 4) is 0 Å². The van der Waals surface area contributed by atoms with Crippen molar-refractivity contribution in [1.82, 2.24) is 4.90 Å². The van der Waals surface area contributed by atoms with Crippen LogP contribution in [0.5, 0.6) is 0 Å². The highest BCUT2D eigenvalue weighted by atomic mass is 16.5. The zero-order valence-corrected chi connectivity index (χ0v) is 15.0. The molecule has 0 spiro atoms. The van der Waals surface area contributed by atoms with E-state index in [1.54, 1.807) is 13.1 Å². The molecule has 1 atom stereocenters. The molecule has 0 unspecified atom stereocenters. The average Bonchev–Trinajstić information content (AvgIpc) is 2.60. The molecule has 4 heteroatoms. The highest BCUT2D eigenvalue weighted by molar-refractivity contribution is 5.75. The first-order valence-corrected chi connectivity index (χ1v) is 8.64. The Hall–Kier alpha value is -2.46. The molecule has 0 N–H and O–H groups in total. The number of hydrogen-bond acceptors (Lipinski definition) is 3. The Morgan fingerprint density at radius 3 is 2.20 bits per heavy atom. The van der Waals surface area contributed by atoms with Gasteiger partial charge in [0.2, 0.25) is 0 Å². The fraction of sp³-hybridized carbons (Fsp3) is 0.333. The van der Waals surface area contributed by atoms with Crippen molar-refractivity contribution < 1.29 is 9.53 Å². The Bertz CT molecular complexity index is 684. The van der Waals surface area contributed by atoms with Crippen molar-refractivity contribution in [3.63, 3.8) is 0 Å². The largest absolute Gasteiger partial charge is 0.624 e. The number of benzene rings is 2. The zero-order chi connectivity index (χ0) is 18.1. The number of ketones is 1. The van der Waals surface area contributed by atoms with Gasteiger partial charge in [-0.05, 0) is 19.4 Å². The summed E-state index contributed by atoms with van der Waals surface area (Å²) in [6.45, 7) is 5.28. The van der Waals surface area contributed by atoms with Crippen LogP contribution in [0.4, 0.5) is 0 Å². The maximum Gasteiger partial charge on any atom is 0.178 e. The van der Waals surface area contributed by atoms with Gasteiger partial charge < -0.3 is 5.21 Å². The third kappa shape index (κ3) is 6.89. The van der Waals surface area contributed by atoms with Crippen LogP contribution in [0.15, 0.2) is 60.7 Å². The third-order valence-electron chi connectivity index (χ3n) is 4.12. The number of hydrogen-bond donors (Lipinski definition) is 0. The summed E-state index contributed by atoms with van der Waals surface area (Å²) in [5.41, 5.74) is 2.16. The van der Waals surface area contributed by atoms with Crippen molar-refractivity contribution in [2.45, 2.75) is 39.4 Å². The molecule has 2 rings (SSSR count). The number of nitrogens with zero attached hydrogens (tertiary/aromatic N) is 2. The van der Waals surface area contributed by atoms with E-state index in [1.807, 2.05) is 55.5 Å². The predicted molar refractivity (Wildman–Crippen MR) is 101 cm³/mol. The van der Waals surface area contributed by atoms with Gasteiger partial charge in [-0.15, -0.1) is 0 Å². The molecular formula is C21H26N2O2. The van der Waals surface area contributed by atoms with Crippen LogP contribution in [0, 0.1) is 5.21 Å². The van der Waals surface area contributed by atoms with E-state index in [2.05, 4.69) is 17.0 Å². The SMILES string of the molecule is CC(=O)CCN(Cc1ccccc1)[C@@H](C)/C=[N+](\[O-])Cc1ccccc1.